The predicted octanol–water partition coefficient (Wildman–Crippen LogP) is 4.44. The molecule has 3 aromatic rings. The summed E-state index contributed by atoms with van der Waals surface area (Å²) in [5.74, 6) is 1.63. The number of aryl methyl sites for hydroxylation is 1. The maximum atomic E-state index is 12.1. The third-order valence-electron chi connectivity index (χ3n) is 3.97. The van der Waals surface area contributed by atoms with Crippen molar-refractivity contribution in [2.45, 2.75) is 45.4 Å². The zero-order chi connectivity index (χ0) is 20.1. The van der Waals surface area contributed by atoms with Gasteiger partial charge < -0.3 is 9.84 Å². The van der Waals surface area contributed by atoms with Gasteiger partial charge in [-0.2, -0.15) is 4.98 Å². The zero-order valence-corrected chi connectivity index (χ0v) is 16.8. The van der Waals surface area contributed by atoms with Gasteiger partial charge in [0.25, 0.3) is 0 Å². The standard InChI is InChI=1S/C20H22ClN5O2/c1-20(2,3)19-22-11-15(12-23-19)24-16(27)5-4-6-17-25-18(26-28-17)13-7-9-14(21)10-8-13/h7-12H,4-6H2,1-3H3,(H,24,27). The van der Waals surface area contributed by atoms with Gasteiger partial charge in [0.15, 0.2) is 0 Å². The Kier molecular flexibility index (Phi) is 6.04. The lowest BCUT2D eigenvalue weighted by Gasteiger charge is -2.16. The van der Waals surface area contributed by atoms with E-state index in [9.17, 15) is 4.79 Å². The molecule has 0 unspecified atom stereocenters. The number of halogens is 1. The summed E-state index contributed by atoms with van der Waals surface area (Å²) < 4.78 is 5.25. The van der Waals surface area contributed by atoms with Crippen LogP contribution in [-0.2, 0) is 16.6 Å². The molecule has 28 heavy (non-hydrogen) atoms. The van der Waals surface area contributed by atoms with Crippen LogP contribution in [0.3, 0.4) is 0 Å². The minimum absolute atomic E-state index is 0.107. The van der Waals surface area contributed by atoms with Crippen molar-refractivity contribution in [2.75, 3.05) is 5.32 Å². The molecular weight excluding hydrogens is 378 g/mol. The molecule has 0 saturated carbocycles. The molecule has 0 fully saturated rings. The lowest BCUT2D eigenvalue weighted by molar-refractivity contribution is -0.116. The lowest BCUT2D eigenvalue weighted by Crippen LogP contribution is -2.17. The van der Waals surface area contributed by atoms with Crippen molar-refractivity contribution < 1.29 is 9.32 Å². The van der Waals surface area contributed by atoms with Crippen LogP contribution >= 0.6 is 11.6 Å². The van der Waals surface area contributed by atoms with Gasteiger partial charge >= 0.3 is 0 Å². The summed E-state index contributed by atoms with van der Waals surface area (Å²) >= 11 is 5.88. The Bertz CT molecular complexity index is 930. The minimum atomic E-state index is -0.128. The predicted molar refractivity (Wildman–Crippen MR) is 107 cm³/mol. The highest BCUT2D eigenvalue weighted by molar-refractivity contribution is 6.30. The van der Waals surface area contributed by atoms with Gasteiger partial charge in [-0.05, 0) is 30.7 Å². The Morgan fingerprint density at radius 3 is 2.46 bits per heavy atom. The third-order valence-corrected chi connectivity index (χ3v) is 4.22. The normalized spacial score (nSPS) is 11.4. The number of hydrogen-bond acceptors (Lipinski definition) is 6. The van der Waals surface area contributed by atoms with Crippen LogP contribution in [0.5, 0.6) is 0 Å². The molecule has 2 heterocycles. The van der Waals surface area contributed by atoms with Crippen molar-refractivity contribution in [3.05, 3.63) is 53.4 Å². The van der Waals surface area contributed by atoms with Gasteiger partial charge in [-0.3, -0.25) is 4.79 Å². The van der Waals surface area contributed by atoms with Gasteiger partial charge in [-0.15, -0.1) is 0 Å². The first-order valence-corrected chi connectivity index (χ1v) is 9.40. The summed E-state index contributed by atoms with van der Waals surface area (Å²) in [6, 6.07) is 7.21. The van der Waals surface area contributed by atoms with Crippen molar-refractivity contribution in [2.24, 2.45) is 0 Å². The third kappa shape index (κ3) is 5.36. The molecule has 0 spiro atoms. The summed E-state index contributed by atoms with van der Waals surface area (Å²) in [6.45, 7) is 6.11. The molecule has 3 rings (SSSR count). The van der Waals surface area contributed by atoms with E-state index in [2.05, 4.69) is 25.4 Å². The molecule has 0 aliphatic heterocycles. The van der Waals surface area contributed by atoms with Crippen LogP contribution in [0.15, 0.2) is 41.2 Å². The Labute approximate surface area is 168 Å². The molecule has 0 aliphatic carbocycles. The summed E-state index contributed by atoms with van der Waals surface area (Å²) in [4.78, 5) is 25.0. The summed E-state index contributed by atoms with van der Waals surface area (Å²) in [5, 5.41) is 7.41. The van der Waals surface area contributed by atoms with E-state index in [0.29, 0.717) is 41.7 Å². The summed E-state index contributed by atoms with van der Waals surface area (Å²) in [5.41, 5.74) is 1.29. The number of hydrogen-bond donors (Lipinski definition) is 1. The second kappa shape index (κ2) is 8.48. The fourth-order valence-corrected chi connectivity index (χ4v) is 2.60. The van der Waals surface area contributed by atoms with Gasteiger partial charge in [0.1, 0.15) is 5.82 Å². The van der Waals surface area contributed by atoms with Crippen molar-refractivity contribution >= 4 is 23.2 Å². The fourth-order valence-electron chi connectivity index (χ4n) is 2.48. The average molecular weight is 400 g/mol. The van der Waals surface area contributed by atoms with Crippen LogP contribution in [0.1, 0.15) is 45.3 Å². The number of carbonyl (C=O) groups excluding carboxylic acids is 1. The second-order valence-electron chi connectivity index (χ2n) is 7.47. The van der Waals surface area contributed by atoms with E-state index >= 15 is 0 Å². The van der Waals surface area contributed by atoms with Gasteiger partial charge in [0.05, 0.1) is 18.1 Å². The van der Waals surface area contributed by atoms with Crippen LogP contribution in [0.25, 0.3) is 11.4 Å². The number of amides is 1. The van der Waals surface area contributed by atoms with Crippen LogP contribution in [-0.4, -0.2) is 26.0 Å². The number of carbonyl (C=O) groups is 1. The number of benzene rings is 1. The van der Waals surface area contributed by atoms with Crippen molar-refractivity contribution in [3.8, 4) is 11.4 Å². The second-order valence-corrected chi connectivity index (χ2v) is 7.90. The minimum Gasteiger partial charge on any atom is -0.339 e. The van der Waals surface area contributed by atoms with E-state index in [4.69, 9.17) is 16.1 Å². The molecule has 0 aliphatic rings. The Balaban J connectivity index is 1.47. The number of nitrogens with zero attached hydrogens (tertiary/aromatic N) is 4. The zero-order valence-electron chi connectivity index (χ0n) is 16.1. The van der Waals surface area contributed by atoms with E-state index < -0.39 is 0 Å². The number of aromatic nitrogens is 4. The molecule has 146 valence electrons. The largest absolute Gasteiger partial charge is 0.339 e. The first-order valence-electron chi connectivity index (χ1n) is 9.02. The molecular formula is C20H22ClN5O2. The van der Waals surface area contributed by atoms with Crippen LogP contribution < -0.4 is 5.32 Å². The molecule has 1 amide bonds. The molecule has 1 N–H and O–H groups in total. The highest BCUT2D eigenvalue weighted by Gasteiger charge is 2.17. The molecule has 0 saturated heterocycles. The van der Waals surface area contributed by atoms with Crippen molar-refractivity contribution in [1.29, 1.82) is 0 Å². The highest BCUT2D eigenvalue weighted by atomic mass is 35.5. The van der Waals surface area contributed by atoms with Crippen molar-refractivity contribution in [3.63, 3.8) is 0 Å². The van der Waals surface area contributed by atoms with Crippen molar-refractivity contribution in [1.82, 2.24) is 20.1 Å². The molecule has 0 radical (unpaired) electrons. The molecule has 0 atom stereocenters. The Morgan fingerprint density at radius 2 is 1.82 bits per heavy atom. The molecule has 1 aromatic carbocycles. The Hall–Kier alpha value is -2.80. The molecule has 2 aromatic heterocycles. The van der Waals surface area contributed by atoms with E-state index in [1.165, 1.54) is 0 Å². The highest BCUT2D eigenvalue weighted by Crippen LogP contribution is 2.20. The molecule has 0 bridgehead atoms. The fraction of sp³-hybridized carbons (Fsp3) is 0.350. The quantitative estimate of drug-likeness (QED) is 0.658. The molecule has 8 heteroatoms. The Morgan fingerprint density at radius 1 is 1.14 bits per heavy atom. The number of nitrogens with one attached hydrogen (secondary N) is 1. The maximum absolute atomic E-state index is 12.1. The lowest BCUT2D eigenvalue weighted by atomic mass is 9.96. The van der Waals surface area contributed by atoms with Crippen LogP contribution in [0, 0.1) is 0 Å². The monoisotopic (exact) mass is 399 g/mol. The van der Waals surface area contributed by atoms with Crippen LogP contribution in [0.4, 0.5) is 5.69 Å². The average Bonchev–Trinajstić information content (AvgIpc) is 3.11. The van der Waals surface area contributed by atoms with Gasteiger partial charge in [0.2, 0.25) is 17.6 Å². The summed E-state index contributed by atoms with van der Waals surface area (Å²) in [6.07, 6.45) is 4.70. The smallest absolute Gasteiger partial charge is 0.226 e. The number of anilines is 1. The van der Waals surface area contributed by atoms with Gasteiger partial charge in [-0.1, -0.05) is 37.5 Å². The number of rotatable bonds is 6. The van der Waals surface area contributed by atoms with Gasteiger partial charge in [0, 0.05) is 28.8 Å². The summed E-state index contributed by atoms with van der Waals surface area (Å²) in [7, 11) is 0. The first-order chi connectivity index (χ1) is 13.3. The first kappa shape index (κ1) is 19.9. The van der Waals surface area contributed by atoms with Gasteiger partial charge in [-0.25, -0.2) is 9.97 Å². The topological polar surface area (TPSA) is 93.8 Å². The van der Waals surface area contributed by atoms with E-state index in [0.717, 1.165) is 11.4 Å². The molecule has 7 nitrogen and oxygen atoms in total. The van der Waals surface area contributed by atoms with E-state index in [1.54, 1.807) is 24.5 Å². The SMILES string of the molecule is CC(C)(C)c1ncc(NC(=O)CCCc2nc(-c3ccc(Cl)cc3)no2)cn1. The van der Waals surface area contributed by atoms with E-state index in [-0.39, 0.29) is 11.3 Å². The maximum Gasteiger partial charge on any atom is 0.226 e. The van der Waals surface area contributed by atoms with Crippen LogP contribution in [0.2, 0.25) is 5.02 Å². The van der Waals surface area contributed by atoms with E-state index in [1.807, 2.05) is 32.9 Å².